The maximum absolute atomic E-state index is 5.99. The van der Waals surface area contributed by atoms with Crippen LogP contribution in [0.3, 0.4) is 0 Å². The summed E-state index contributed by atoms with van der Waals surface area (Å²) in [7, 11) is 0. The van der Waals surface area contributed by atoms with Gasteiger partial charge >= 0.3 is 0 Å². The van der Waals surface area contributed by atoms with Crippen LogP contribution in [0.25, 0.3) is 11.3 Å². The van der Waals surface area contributed by atoms with E-state index in [1.807, 2.05) is 24.3 Å². The van der Waals surface area contributed by atoms with Gasteiger partial charge in [0.2, 0.25) is 0 Å². The number of rotatable bonds is 4. The summed E-state index contributed by atoms with van der Waals surface area (Å²) in [4.78, 5) is 0. The molecule has 2 nitrogen and oxygen atoms in total. The van der Waals surface area contributed by atoms with Gasteiger partial charge in [-0.1, -0.05) is 23.2 Å². The van der Waals surface area contributed by atoms with Crippen LogP contribution in [0.5, 0.6) is 0 Å². The molecule has 2 N–H and O–H groups in total. The summed E-state index contributed by atoms with van der Waals surface area (Å²) < 4.78 is 5.81. The summed E-state index contributed by atoms with van der Waals surface area (Å²) in [5.74, 6) is 1.81. The highest BCUT2D eigenvalue weighted by molar-refractivity contribution is 6.35. The van der Waals surface area contributed by atoms with Crippen molar-refractivity contribution < 1.29 is 9.73 Å². The number of furan rings is 1. The number of halogens is 2. The number of benzene rings is 1. The molecule has 0 saturated heterocycles. The molecule has 1 aromatic carbocycles. The average molecular weight is 283 g/mol. The van der Waals surface area contributed by atoms with Gasteiger partial charge < -0.3 is 9.73 Å². The Morgan fingerprint density at radius 1 is 1.11 bits per heavy atom. The fourth-order valence-electron chi connectivity index (χ4n) is 1.95. The molecule has 0 radical (unpaired) electrons. The molecule has 0 amide bonds. The van der Waals surface area contributed by atoms with Crippen LogP contribution in [0.1, 0.15) is 18.6 Å². The molecular weight excluding hydrogens is 269 g/mol. The molecule has 0 spiro atoms. The van der Waals surface area contributed by atoms with Crippen LogP contribution in [0.2, 0.25) is 10.0 Å². The normalized spacial score (nSPS) is 15.0. The van der Waals surface area contributed by atoms with E-state index in [4.69, 9.17) is 27.6 Å². The highest BCUT2D eigenvalue weighted by Gasteiger charge is 2.25. The van der Waals surface area contributed by atoms with E-state index in [0.29, 0.717) is 10.0 Å². The summed E-state index contributed by atoms with van der Waals surface area (Å²) in [5, 5.41) is 3.58. The smallest absolute Gasteiger partial charge is 0.158 e. The molecule has 0 bridgehead atoms. The molecule has 1 fully saturated rings. The van der Waals surface area contributed by atoms with Gasteiger partial charge in [0, 0.05) is 28.5 Å². The third-order valence-electron chi connectivity index (χ3n) is 3.08. The second-order valence-corrected chi connectivity index (χ2v) is 5.57. The van der Waals surface area contributed by atoms with Gasteiger partial charge in [-0.3, -0.25) is 0 Å². The molecule has 2 aromatic rings. The Hall–Kier alpha value is -0.960. The van der Waals surface area contributed by atoms with Crippen LogP contribution in [-0.4, -0.2) is 6.04 Å². The van der Waals surface area contributed by atoms with E-state index in [9.17, 15) is 0 Å². The summed E-state index contributed by atoms with van der Waals surface area (Å²) in [5.41, 5.74) is 0.921. The van der Waals surface area contributed by atoms with Crippen LogP contribution >= 0.6 is 23.2 Å². The minimum Gasteiger partial charge on any atom is -0.455 e. The van der Waals surface area contributed by atoms with E-state index in [1.54, 1.807) is 6.07 Å². The highest BCUT2D eigenvalue weighted by Crippen LogP contribution is 2.28. The predicted octanol–water partition coefficient (Wildman–Crippen LogP) is 3.48. The minimum atomic E-state index is 0.625. The fourth-order valence-corrected chi connectivity index (χ4v) is 2.48. The quantitative estimate of drug-likeness (QED) is 0.914. The summed E-state index contributed by atoms with van der Waals surface area (Å²) >= 11 is 12.0. The van der Waals surface area contributed by atoms with Gasteiger partial charge in [-0.25, -0.2) is 0 Å². The van der Waals surface area contributed by atoms with E-state index < -0.39 is 0 Å². The van der Waals surface area contributed by atoms with E-state index in [2.05, 4.69) is 5.32 Å². The van der Waals surface area contributed by atoms with Crippen LogP contribution in [0.15, 0.2) is 34.7 Å². The fraction of sp³-hybridized carbons (Fsp3) is 0.286. The molecule has 0 aliphatic heterocycles. The average Bonchev–Trinajstić information content (AvgIpc) is 3.02. The van der Waals surface area contributed by atoms with Gasteiger partial charge in [0.25, 0.3) is 0 Å². The van der Waals surface area contributed by atoms with Crippen molar-refractivity contribution in [3.05, 3.63) is 46.1 Å². The lowest BCUT2D eigenvalue weighted by atomic mass is 10.2. The van der Waals surface area contributed by atoms with Crippen molar-refractivity contribution in [1.29, 1.82) is 0 Å². The van der Waals surface area contributed by atoms with E-state index in [0.717, 1.165) is 29.7 Å². The Balaban J connectivity index is 1.78. The van der Waals surface area contributed by atoms with Gasteiger partial charge in [-0.2, -0.15) is 0 Å². The SMILES string of the molecule is Clc1cc(Cl)cc(-c2ccc(C[NH2+]C3CC3)o2)c1. The molecule has 1 heterocycles. The number of hydrogen-bond acceptors (Lipinski definition) is 1. The first-order chi connectivity index (χ1) is 8.70. The number of nitrogens with two attached hydrogens (primary N) is 1. The van der Waals surface area contributed by atoms with Gasteiger partial charge in [-0.15, -0.1) is 0 Å². The molecule has 4 heteroatoms. The summed E-state index contributed by atoms with van der Waals surface area (Å²) in [6.45, 7) is 0.902. The molecular formula is C14H14Cl2NO+. The van der Waals surface area contributed by atoms with Gasteiger partial charge in [-0.05, 0) is 30.3 Å². The van der Waals surface area contributed by atoms with E-state index >= 15 is 0 Å². The van der Waals surface area contributed by atoms with Gasteiger partial charge in [0.15, 0.2) is 5.76 Å². The second-order valence-electron chi connectivity index (χ2n) is 4.70. The van der Waals surface area contributed by atoms with Gasteiger partial charge in [0.1, 0.15) is 12.3 Å². The molecule has 0 atom stereocenters. The lowest BCUT2D eigenvalue weighted by Crippen LogP contribution is -2.84. The Kier molecular flexibility index (Phi) is 3.33. The van der Waals surface area contributed by atoms with E-state index in [-0.39, 0.29) is 0 Å². The molecule has 18 heavy (non-hydrogen) atoms. The van der Waals surface area contributed by atoms with Crippen molar-refractivity contribution in [1.82, 2.24) is 0 Å². The Labute approximate surface area is 116 Å². The standard InChI is InChI=1S/C14H13Cl2NO/c15-10-5-9(6-11(16)7-10)14-4-3-13(18-14)8-17-12-1-2-12/h3-7,12,17H,1-2,8H2/p+1. The van der Waals surface area contributed by atoms with Crippen LogP contribution in [-0.2, 0) is 6.54 Å². The molecule has 1 aliphatic rings. The van der Waals surface area contributed by atoms with Gasteiger partial charge in [0.05, 0.1) is 6.04 Å². The second kappa shape index (κ2) is 4.96. The first-order valence-electron chi connectivity index (χ1n) is 6.09. The molecule has 0 unspecified atom stereocenters. The van der Waals surface area contributed by atoms with Crippen molar-refractivity contribution in [2.75, 3.05) is 0 Å². The largest absolute Gasteiger partial charge is 0.455 e. The van der Waals surface area contributed by atoms with Crippen LogP contribution in [0, 0.1) is 0 Å². The lowest BCUT2D eigenvalue weighted by molar-refractivity contribution is -0.685. The third kappa shape index (κ3) is 2.89. The maximum atomic E-state index is 5.99. The number of hydrogen-bond donors (Lipinski definition) is 1. The third-order valence-corrected chi connectivity index (χ3v) is 3.52. The maximum Gasteiger partial charge on any atom is 0.158 e. The van der Waals surface area contributed by atoms with Crippen molar-refractivity contribution in [2.24, 2.45) is 0 Å². The zero-order valence-electron chi connectivity index (χ0n) is 9.83. The van der Waals surface area contributed by atoms with Crippen molar-refractivity contribution in [3.63, 3.8) is 0 Å². The molecule has 1 aromatic heterocycles. The zero-order valence-corrected chi connectivity index (χ0v) is 11.3. The lowest BCUT2D eigenvalue weighted by Gasteiger charge is -2.00. The summed E-state index contributed by atoms with van der Waals surface area (Å²) in [6.07, 6.45) is 2.66. The molecule has 1 aliphatic carbocycles. The first-order valence-corrected chi connectivity index (χ1v) is 6.85. The summed E-state index contributed by atoms with van der Waals surface area (Å²) in [6, 6.07) is 10.2. The Morgan fingerprint density at radius 3 is 2.50 bits per heavy atom. The Morgan fingerprint density at radius 2 is 1.83 bits per heavy atom. The van der Waals surface area contributed by atoms with Crippen molar-refractivity contribution in [2.45, 2.75) is 25.4 Å². The molecule has 3 rings (SSSR count). The molecule has 94 valence electrons. The van der Waals surface area contributed by atoms with Crippen molar-refractivity contribution in [3.8, 4) is 11.3 Å². The van der Waals surface area contributed by atoms with Crippen LogP contribution < -0.4 is 5.32 Å². The predicted molar refractivity (Wildman–Crippen MR) is 72.8 cm³/mol. The highest BCUT2D eigenvalue weighted by atomic mass is 35.5. The molecule has 1 saturated carbocycles. The first kappa shape index (κ1) is 12.1. The monoisotopic (exact) mass is 282 g/mol. The minimum absolute atomic E-state index is 0.625. The number of quaternary nitrogens is 1. The zero-order chi connectivity index (χ0) is 12.5. The Bertz CT molecular complexity index is 540. The van der Waals surface area contributed by atoms with Crippen LogP contribution in [0.4, 0.5) is 0 Å². The van der Waals surface area contributed by atoms with E-state index in [1.165, 1.54) is 12.8 Å². The van der Waals surface area contributed by atoms with Crippen molar-refractivity contribution >= 4 is 23.2 Å². The topological polar surface area (TPSA) is 29.8 Å².